The van der Waals surface area contributed by atoms with Crippen molar-refractivity contribution in [3.05, 3.63) is 29.3 Å². The van der Waals surface area contributed by atoms with Crippen molar-refractivity contribution in [1.29, 1.82) is 0 Å². The average Bonchev–Trinajstić information content (AvgIpc) is 2.77. The molecule has 4 rings (SSSR count). The molecule has 0 heterocycles. The van der Waals surface area contributed by atoms with Crippen molar-refractivity contribution in [3.8, 4) is 5.75 Å². The largest absolute Gasteiger partial charge is 0.497 e. The molecule has 0 bridgehead atoms. The van der Waals surface area contributed by atoms with E-state index in [-0.39, 0.29) is 16.3 Å². The highest BCUT2D eigenvalue weighted by atomic mass is 79.9. The van der Waals surface area contributed by atoms with Crippen LogP contribution in [0.4, 0.5) is 0 Å². The number of methoxy groups -OCH3 is 1. The van der Waals surface area contributed by atoms with Gasteiger partial charge in [-0.3, -0.25) is 0 Å². The quantitative estimate of drug-likeness (QED) is 0.753. The van der Waals surface area contributed by atoms with Crippen LogP contribution in [-0.2, 0) is 6.42 Å². The van der Waals surface area contributed by atoms with Gasteiger partial charge in [-0.15, -0.1) is 0 Å². The first-order valence-corrected chi connectivity index (χ1v) is 9.45. The summed E-state index contributed by atoms with van der Waals surface area (Å²) in [6.45, 7) is 2.32. The maximum atomic E-state index is 10.6. The minimum Gasteiger partial charge on any atom is -0.497 e. The third-order valence-electron chi connectivity index (χ3n) is 6.87. The smallest absolute Gasteiger partial charge is 0.119 e. The van der Waals surface area contributed by atoms with E-state index >= 15 is 0 Å². The second-order valence-electron chi connectivity index (χ2n) is 7.72. The summed E-state index contributed by atoms with van der Waals surface area (Å²) in [7, 11) is 1.75. The van der Waals surface area contributed by atoms with Gasteiger partial charge >= 0.3 is 0 Å². The molecule has 2 nitrogen and oxygen atoms in total. The lowest BCUT2D eigenvalue weighted by atomic mass is 9.55. The van der Waals surface area contributed by atoms with E-state index in [1.54, 1.807) is 12.7 Å². The molecule has 6 atom stereocenters. The normalized spacial score (nSPS) is 43.2. The first-order valence-electron chi connectivity index (χ1n) is 8.53. The summed E-state index contributed by atoms with van der Waals surface area (Å²) >= 11 is 3.73. The molecule has 0 amide bonds. The third kappa shape index (κ3) is 2.01. The summed E-state index contributed by atoms with van der Waals surface area (Å²) in [5, 5.41) is 10.6. The van der Waals surface area contributed by atoms with Gasteiger partial charge in [-0.25, -0.2) is 0 Å². The van der Waals surface area contributed by atoms with Gasteiger partial charge in [0.15, 0.2) is 0 Å². The molecule has 0 spiro atoms. The fourth-order valence-electron chi connectivity index (χ4n) is 5.63. The topological polar surface area (TPSA) is 29.5 Å². The Morgan fingerprint density at radius 3 is 2.91 bits per heavy atom. The summed E-state index contributed by atoms with van der Waals surface area (Å²) in [5.74, 6) is 3.05. The van der Waals surface area contributed by atoms with E-state index in [2.05, 4.69) is 41.1 Å². The highest BCUT2D eigenvalue weighted by molar-refractivity contribution is 9.09. The van der Waals surface area contributed by atoms with Crippen LogP contribution in [0.3, 0.4) is 0 Å². The number of alkyl halides is 1. The van der Waals surface area contributed by atoms with E-state index in [0.29, 0.717) is 11.8 Å². The lowest BCUT2D eigenvalue weighted by molar-refractivity contribution is -0.0213. The predicted octanol–water partition coefficient (Wildman–Crippen LogP) is 4.29. The van der Waals surface area contributed by atoms with Gasteiger partial charge in [0.05, 0.1) is 13.2 Å². The molecular formula is C19H25BrO2. The zero-order chi connectivity index (χ0) is 15.5. The number of aryl methyl sites for hydroxylation is 1. The Bertz CT molecular complexity index is 587. The summed E-state index contributed by atoms with van der Waals surface area (Å²) in [5.41, 5.74) is 3.14. The van der Waals surface area contributed by atoms with E-state index in [1.807, 2.05) is 0 Å². The maximum absolute atomic E-state index is 10.6. The SMILES string of the molecule is COc1ccc2c(c1)CCC1C2CC[C@]2(C)C1C[C@@H](Br)[C@H]2O. The Balaban J connectivity index is 1.69. The van der Waals surface area contributed by atoms with E-state index < -0.39 is 0 Å². The lowest BCUT2D eigenvalue weighted by Crippen LogP contribution is -2.44. The van der Waals surface area contributed by atoms with E-state index in [9.17, 15) is 5.11 Å². The molecule has 22 heavy (non-hydrogen) atoms. The molecule has 2 fully saturated rings. The van der Waals surface area contributed by atoms with Crippen LogP contribution in [0.5, 0.6) is 5.75 Å². The Morgan fingerprint density at radius 1 is 1.32 bits per heavy atom. The van der Waals surface area contributed by atoms with Gasteiger partial charge in [-0.05, 0) is 78.5 Å². The summed E-state index contributed by atoms with van der Waals surface area (Å²) in [6, 6.07) is 6.65. The number of halogens is 1. The average molecular weight is 365 g/mol. The zero-order valence-corrected chi connectivity index (χ0v) is 15.0. The van der Waals surface area contributed by atoms with Crippen molar-refractivity contribution in [2.75, 3.05) is 7.11 Å². The number of aliphatic hydroxyl groups excluding tert-OH is 1. The molecule has 0 aromatic heterocycles. The van der Waals surface area contributed by atoms with Crippen LogP contribution in [0.15, 0.2) is 18.2 Å². The monoisotopic (exact) mass is 364 g/mol. The fraction of sp³-hybridized carbons (Fsp3) is 0.684. The number of rotatable bonds is 1. The summed E-state index contributed by atoms with van der Waals surface area (Å²) < 4.78 is 5.39. The standard InChI is InChI=1S/C19H25BrO2/c1-19-8-7-14-13-6-4-12(22-2)9-11(13)3-5-15(14)16(19)10-17(20)18(19)21/h4,6,9,14-18,21H,3,5,7-8,10H2,1-2H3/t14?,15?,16?,17-,18-,19-/m1/s1. The van der Waals surface area contributed by atoms with E-state index in [4.69, 9.17) is 4.74 Å². The second kappa shape index (κ2) is 5.24. The first-order chi connectivity index (χ1) is 10.5. The summed E-state index contributed by atoms with van der Waals surface area (Å²) in [4.78, 5) is 0.276. The molecule has 1 N–H and O–H groups in total. The van der Waals surface area contributed by atoms with Gasteiger partial charge < -0.3 is 9.84 Å². The second-order valence-corrected chi connectivity index (χ2v) is 8.90. The third-order valence-corrected chi connectivity index (χ3v) is 7.74. The Morgan fingerprint density at radius 2 is 2.14 bits per heavy atom. The minimum atomic E-state index is -0.185. The molecule has 3 heteroatoms. The van der Waals surface area contributed by atoms with Crippen molar-refractivity contribution >= 4 is 15.9 Å². The zero-order valence-electron chi connectivity index (χ0n) is 13.4. The molecule has 1 aromatic rings. The predicted molar refractivity (Wildman–Crippen MR) is 91.7 cm³/mol. The van der Waals surface area contributed by atoms with Crippen molar-refractivity contribution in [2.45, 2.75) is 55.9 Å². The van der Waals surface area contributed by atoms with Crippen LogP contribution in [0, 0.1) is 17.3 Å². The molecule has 3 aliphatic carbocycles. The Hall–Kier alpha value is -0.540. The molecule has 120 valence electrons. The van der Waals surface area contributed by atoms with Crippen LogP contribution >= 0.6 is 15.9 Å². The van der Waals surface area contributed by atoms with Gasteiger partial charge in [-0.2, -0.15) is 0 Å². The van der Waals surface area contributed by atoms with E-state index in [0.717, 1.165) is 30.9 Å². The Labute approximate surface area is 141 Å². The van der Waals surface area contributed by atoms with Crippen LogP contribution in [0.2, 0.25) is 0 Å². The van der Waals surface area contributed by atoms with Crippen LogP contribution in [0.25, 0.3) is 0 Å². The molecule has 3 unspecified atom stereocenters. The number of benzene rings is 1. The molecular weight excluding hydrogens is 340 g/mol. The van der Waals surface area contributed by atoms with Crippen molar-refractivity contribution < 1.29 is 9.84 Å². The molecule has 1 aromatic carbocycles. The Kier molecular flexibility index (Phi) is 3.58. The van der Waals surface area contributed by atoms with Gasteiger partial charge in [0.2, 0.25) is 0 Å². The van der Waals surface area contributed by atoms with Gasteiger partial charge in [0.1, 0.15) is 5.75 Å². The molecule has 2 saturated carbocycles. The van der Waals surface area contributed by atoms with Crippen molar-refractivity contribution in [3.63, 3.8) is 0 Å². The van der Waals surface area contributed by atoms with Crippen molar-refractivity contribution in [1.82, 2.24) is 0 Å². The van der Waals surface area contributed by atoms with Crippen LogP contribution < -0.4 is 4.74 Å². The number of fused-ring (bicyclic) bond motifs is 5. The minimum absolute atomic E-state index is 0.110. The number of hydrogen-bond acceptors (Lipinski definition) is 2. The van der Waals surface area contributed by atoms with Crippen LogP contribution in [-0.4, -0.2) is 23.1 Å². The maximum Gasteiger partial charge on any atom is 0.119 e. The molecule has 0 radical (unpaired) electrons. The first kappa shape index (κ1) is 15.0. The van der Waals surface area contributed by atoms with Crippen molar-refractivity contribution in [2.24, 2.45) is 17.3 Å². The lowest BCUT2D eigenvalue weighted by Gasteiger charge is -2.50. The van der Waals surface area contributed by atoms with Gasteiger partial charge in [0, 0.05) is 4.83 Å². The van der Waals surface area contributed by atoms with Gasteiger partial charge in [-0.1, -0.05) is 28.9 Å². The van der Waals surface area contributed by atoms with Gasteiger partial charge in [0.25, 0.3) is 0 Å². The fourth-order valence-corrected chi connectivity index (χ4v) is 6.64. The number of hydrogen-bond donors (Lipinski definition) is 1. The van der Waals surface area contributed by atoms with E-state index in [1.165, 1.54) is 18.4 Å². The number of aliphatic hydroxyl groups is 1. The summed E-state index contributed by atoms with van der Waals surface area (Å²) in [6.07, 6.45) is 5.72. The molecule has 3 aliphatic rings. The molecule has 0 saturated heterocycles. The highest BCUT2D eigenvalue weighted by Crippen LogP contribution is 2.61. The highest BCUT2D eigenvalue weighted by Gasteiger charge is 2.57. The van der Waals surface area contributed by atoms with Crippen LogP contribution in [0.1, 0.15) is 49.7 Å². The molecule has 0 aliphatic heterocycles. The number of ether oxygens (including phenoxy) is 1.